The number of nitrogens with zero attached hydrogens (tertiary/aromatic N) is 1. The summed E-state index contributed by atoms with van der Waals surface area (Å²) in [6.07, 6.45) is -4.55. The molecule has 1 saturated carbocycles. The summed E-state index contributed by atoms with van der Waals surface area (Å²) in [6, 6.07) is 7.24. The minimum Gasteiger partial charge on any atom is -0.382 e. The Balaban J connectivity index is 2.10. The van der Waals surface area contributed by atoms with Crippen LogP contribution in [0.25, 0.3) is 0 Å². The number of hydrogen-bond acceptors (Lipinski definition) is 4. The molecule has 22 heavy (non-hydrogen) atoms. The van der Waals surface area contributed by atoms with E-state index in [2.05, 4.69) is 0 Å². The molecule has 0 bridgehead atoms. The number of hydrogen-bond donors (Lipinski definition) is 0. The van der Waals surface area contributed by atoms with Crippen molar-refractivity contribution in [3.63, 3.8) is 0 Å². The molecule has 1 aliphatic carbocycles. The van der Waals surface area contributed by atoms with Crippen LogP contribution in [0, 0.1) is 17.2 Å². The summed E-state index contributed by atoms with van der Waals surface area (Å²) < 4.78 is 67.4. The van der Waals surface area contributed by atoms with Gasteiger partial charge in [-0.05, 0) is 43.5 Å². The largest absolute Gasteiger partial charge is 0.391 e. The van der Waals surface area contributed by atoms with Crippen LogP contribution in [0.15, 0.2) is 24.3 Å². The molecule has 1 aliphatic rings. The summed E-state index contributed by atoms with van der Waals surface area (Å²) in [7, 11) is -4.13. The maximum absolute atomic E-state index is 12.7. The monoisotopic (exact) mass is 333 g/mol. The van der Waals surface area contributed by atoms with Gasteiger partial charge in [-0.15, -0.1) is 0 Å². The Morgan fingerprint density at radius 1 is 1.18 bits per heavy atom. The highest BCUT2D eigenvalue weighted by Gasteiger charge is 2.45. The third kappa shape index (κ3) is 3.91. The predicted octanol–water partition coefficient (Wildman–Crippen LogP) is 3.39. The van der Waals surface area contributed by atoms with E-state index in [4.69, 9.17) is 9.44 Å². The van der Waals surface area contributed by atoms with Crippen molar-refractivity contribution >= 4 is 10.1 Å². The van der Waals surface area contributed by atoms with Crippen molar-refractivity contribution in [3.8, 4) is 11.8 Å². The number of alkyl halides is 3. The molecule has 8 heteroatoms. The first-order chi connectivity index (χ1) is 10.2. The van der Waals surface area contributed by atoms with E-state index in [0.717, 1.165) is 0 Å². The molecule has 2 rings (SSSR count). The minimum atomic E-state index is -4.39. The molecule has 0 aromatic heterocycles. The normalized spacial score (nSPS) is 22.8. The topological polar surface area (TPSA) is 67.2 Å². The summed E-state index contributed by atoms with van der Waals surface area (Å²) in [5.74, 6) is -1.61. The van der Waals surface area contributed by atoms with E-state index in [-0.39, 0.29) is 25.0 Å². The van der Waals surface area contributed by atoms with Crippen LogP contribution in [-0.2, 0) is 10.1 Å². The molecule has 2 atom stereocenters. The van der Waals surface area contributed by atoms with Crippen LogP contribution in [0.4, 0.5) is 13.2 Å². The van der Waals surface area contributed by atoms with E-state index in [1.165, 1.54) is 24.3 Å². The van der Waals surface area contributed by atoms with Gasteiger partial charge in [-0.1, -0.05) is 6.42 Å². The molecule has 0 saturated heterocycles. The molecule has 0 heterocycles. The van der Waals surface area contributed by atoms with Gasteiger partial charge in [-0.2, -0.15) is 26.9 Å². The predicted molar refractivity (Wildman–Crippen MR) is 72.5 cm³/mol. The molecule has 1 aromatic carbocycles. The van der Waals surface area contributed by atoms with Crippen molar-refractivity contribution in [1.29, 1.82) is 5.26 Å². The Kier molecular flexibility index (Phi) is 4.66. The molecule has 0 spiro atoms. The molecule has 120 valence electrons. The number of rotatable bonds is 3. The van der Waals surface area contributed by atoms with E-state index in [9.17, 15) is 21.6 Å². The second kappa shape index (κ2) is 6.16. The molecule has 2 unspecified atom stereocenters. The number of nitriles is 1. The zero-order chi connectivity index (χ0) is 16.4. The summed E-state index contributed by atoms with van der Waals surface area (Å²) in [6.45, 7) is 0. The molecule has 0 radical (unpaired) electrons. The van der Waals surface area contributed by atoms with Crippen LogP contribution in [-0.4, -0.2) is 19.8 Å². The fourth-order valence-electron chi connectivity index (χ4n) is 2.49. The van der Waals surface area contributed by atoms with E-state index in [0.29, 0.717) is 5.56 Å². The van der Waals surface area contributed by atoms with Gasteiger partial charge in [0.1, 0.15) is 5.75 Å². The van der Waals surface area contributed by atoms with Crippen LogP contribution < -0.4 is 4.18 Å². The number of halogens is 3. The van der Waals surface area contributed by atoms with Crippen LogP contribution in [0.1, 0.15) is 31.2 Å². The maximum Gasteiger partial charge on any atom is 0.391 e. The van der Waals surface area contributed by atoms with Gasteiger partial charge in [-0.25, -0.2) is 0 Å². The standard InChI is InChI=1S/C14H14F3NO3S/c15-14(16,17)11-2-1-3-13(8-11)22(19,20)21-12-6-4-10(9-18)5-7-12/h4-7,11,13H,1-3,8H2. The lowest BCUT2D eigenvalue weighted by atomic mass is 9.88. The average molecular weight is 333 g/mol. The number of benzene rings is 1. The van der Waals surface area contributed by atoms with Gasteiger partial charge in [0.05, 0.1) is 22.8 Å². The van der Waals surface area contributed by atoms with Gasteiger partial charge in [0.2, 0.25) is 0 Å². The Bertz CT molecular complexity index is 662. The summed E-state index contributed by atoms with van der Waals surface area (Å²) in [5.41, 5.74) is 0.333. The molecular formula is C14H14F3NO3S. The molecule has 1 fully saturated rings. The van der Waals surface area contributed by atoms with Crippen LogP contribution in [0.3, 0.4) is 0 Å². The Morgan fingerprint density at radius 3 is 2.36 bits per heavy atom. The molecule has 4 nitrogen and oxygen atoms in total. The average Bonchev–Trinajstić information content (AvgIpc) is 2.47. The quantitative estimate of drug-likeness (QED) is 0.795. The Hall–Kier alpha value is -1.75. The Morgan fingerprint density at radius 2 is 1.82 bits per heavy atom. The van der Waals surface area contributed by atoms with Crippen molar-refractivity contribution in [1.82, 2.24) is 0 Å². The maximum atomic E-state index is 12.7. The molecular weight excluding hydrogens is 319 g/mol. The lowest BCUT2D eigenvalue weighted by Gasteiger charge is -2.29. The molecule has 0 amide bonds. The fourth-order valence-corrected chi connectivity index (χ4v) is 3.93. The highest BCUT2D eigenvalue weighted by molar-refractivity contribution is 7.87. The lowest BCUT2D eigenvalue weighted by molar-refractivity contribution is -0.181. The van der Waals surface area contributed by atoms with E-state index >= 15 is 0 Å². The SMILES string of the molecule is N#Cc1ccc(OS(=O)(=O)C2CCCC(C(F)(F)F)C2)cc1. The molecule has 0 N–H and O–H groups in total. The first-order valence-corrected chi connectivity index (χ1v) is 8.19. The van der Waals surface area contributed by atoms with E-state index in [1.54, 1.807) is 0 Å². The van der Waals surface area contributed by atoms with Gasteiger partial charge in [-0.3, -0.25) is 0 Å². The lowest BCUT2D eigenvalue weighted by Crippen LogP contribution is -2.36. The van der Waals surface area contributed by atoms with Crippen molar-refractivity contribution in [2.24, 2.45) is 5.92 Å². The highest BCUT2D eigenvalue weighted by Crippen LogP contribution is 2.39. The summed E-state index contributed by atoms with van der Waals surface area (Å²) in [4.78, 5) is 0. The van der Waals surface area contributed by atoms with E-state index in [1.807, 2.05) is 6.07 Å². The second-order valence-electron chi connectivity index (χ2n) is 5.24. The van der Waals surface area contributed by atoms with Crippen molar-refractivity contribution < 1.29 is 25.8 Å². The zero-order valence-corrected chi connectivity index (χ0v) is 12.3. The first kappa shape index (κ1) is 16.6. The van der Waals surface area contributed by atoms with E-state index < -0.39 is 33.9 Å². The van der Waals surface area contributed by atoms with Crippen LogP contribution >= 0.6 is 0 Å². The van der Waals surface area contributed by atoms with Crippen molar-refractivity contribution in [2.75, 3.05) is 0 Å². The van der Waals surface area contributed by atoms with Crippen LogP contribution in [0.2, 0.25) is 0 Å². The minimum absolute atomic E-state index is 0.00636. The van der Waals surface area contributed by atoms with Gasteiger partial charge in [0.25, 0.3) is 0 Å². The van der Waals surface area contributed by atoms with Gasteiger partial charge in [0.15, 0.2) is 0 Å². The fraction of sp³-hybridized carbons (Fsp3) is 0.500. The summed E-state index contributed by atoms with van der Waals surface area (Å²) in [5, 5.41) is 7.49. The smallest absolute Gasteiger partial charge is 0.382 e. The van der Waals surface area contributed by atoms with Gasteiger partial charge >= 0.3 is 16.3 Å². The van der Waals surface area contributed by atoms with Crippen molar-refractivity contribution in [3.05, 3.63) is 29.8 Å². The summed E-state index contributed by atoms with van der Waals surface area (Å²) >= 11 is 0. The van der Waals surface area contributed by atoms with Crippen molar-refractivity contribution in [2.45, 2.75) is 37.1 Å². The highest BCUT2D eigenvalue weighted by atomic mass is 32.2. The Labute approximate surface area is 126 Å². The third-order valence-electron chi connectivity index (χ3n) is 3.69. The molecule has 0 aliphatic heterocycles. The van der Waals surface area contributed by atoms with Gasteiger partial charge < -0.3 is 4.18 Å². The first-order valence-electron chi connectivity index (χ1n) is 6.72. The zero-order valence-electron chi connectivity index (χ0n) is 11.5. The van der Waals surface area contributed by atoms with Crippen LogP contribution in [0.5, 0.6) is 5.75 Å². The van der Waals surface area contributed by atoms with Gasteiger partial charge in [0, 0.05) is 0 Å². The molecule has 1 aromatic rings. The third-order valence-corrected chi connectivity index (χ3v) is 5.36. The second-order valence-corrected chi connectivity index (χ2v) is 7.06.